The molecule has 2 aromatic rings. The number of hydrogen-bond donors (Lipinski definition) is 3. The van der Waals surface area contributed by atoms with Crippen LogP contribution in [0.25, 0.3) is 16.7 Å². The summed E-state index contributed by atoms with van der Waals surface area (Å²) in [5.41, 5.74) is 5.57. The largest absolute Gasteiger partial charge is 0.383 e. The SMILES string of the molecule is C=C1c2cc(NC(=O)CCCC(=O)NCCOC)ccc2-c2c1cccc2C(=O)NCCOC(C)C. The molecular formula is C28H35N3O5. The molecule has 8 heteroatoms. The number of hydrogen-bond acceptors (Lipinski definition) is 5. The summed E-state index contributed by atoms with van der Waals surface area (Å²) in [6.45, 7) is 9.93. The van der Waals surface area contributed by atoms with Gasteiger partial charge in [0.1, 0.15) is 0 Å². The fraction of sp³-hybridized carbons (Fsp3) is 0.393. The van der Waals surface area contributed by atoms with Crippen LogP contribution in [0.15, 0.2) is 43.0 Å². The van der Waals surface area contributed by atoms with E-state index >= 15 is 0 Å². The Bertz CT molecular complexity index is 1130. The van der Waals surface area contributed by atoms with Gasteiger partial charge in [-0.25, -0.2) is 0 Å². The number of nitrogens with one attached hydrogen (secondary N) is 3. The third-order valence-corrected chi connectivity index (χ3v) is 5.81. The first-order chi connectivity index (χ1) is 17.3. The second kappa shape index (κ2) is 13.0. The summed E-state index contributed by atoms with van der Waals surface area (Å²) in [4.78, 5) is 37.1. The van der Waals surface area contributed by atoms with Crippen LogP contribution in [0.3, 0.4) is 0 Å². The number of methoxy groups -OCH3 is 1. The molecular weight excluding hydrogens is 458 g/mol. The summed E-state index contributed by atoms with van der Waals surface area (Å²) < 4.78 is 10.4. The molecule has 0 aliphatic heterocycles. The van der Waals surface area contributed by atoms with Crippen molar-refractivity contribution in [3.05, 3.63) is 59.7 Å². The van der Waals surface area contributed by atoms with Crippen LogP contribution in [0.4, 0.5) is 5.69 Å². The van der Waals surface area contributed by atoms with Gasteiger partial charge in [-0.15, -0.1) is 0 Å². The zero-order chi connectivity index (χ0) is 26.1. The molecule has 3 rings (SSSR count). The van der Waals surface area contributed by atoms with E-state index in [1.807, 2.05) is 44.2 Å². The summed E-state index contributed by atoms with van der Waals surface area (Å²) in [7, 11) is 1.57. The Labute approximate surface area is 212 Å². The first kappa shape index (κ1) is 27.1. The molecule has 0 radical (unpaired) electrons. The minimum absolute atomic E-state index is 0.0984. The molecule has 0 atom stereocenters. The number of rotatable bonds is 13. The smallest absolute Gasteiger partial charge is 0.252 e. The second-order valence-electron chi connectivity index (χ2n) is 8.89. The van der Waals surface area contributed by atoms with E-state index in [1.165, 1.54) is 0 Å². The van der Waals surface area contributed by atoms with Crippen LogP contribution in [0, 0.1) is 0 Å². The zero-order valence-corrected chi connectivity index (χ0v) is 21.2. The number of fused-ring (bicyclic) bond motifs is 3. The molecule has 8 nitrogen and oxygen atoms in total. The molecule has 0 spiro atoms. The van der Waals surface area contributed by atoms with E-state index in [2.05, 4.69) is 22.5 Å². The molecule has 2 aromatic carbocycles. The van der Waals surface area contributed by atoms with Gasteiger partial charge in [0, 0.05) is 49.9 Å². The molecule has 0 aromatic heterocycles. The van der Waals surface area contributed by atoms with Crippen molar-refractivity contribution in [2.24, 2.45) is 0 Å². The van der Waals surface area contributed by atoms with E-state index in [9.17, 15) is 14.4 Å². The Hall–Kier alpha value is -3.49. The molecule has 1 aliphatic rings. The first-order valence-electron chi connectivity index (χ1n) is 12.2. The summed E-state index contributed by atoms with van der Waals surface area (Å²) >= 11 is 0. The molecule has 0 saturated carbocycles. The van der Waals surface area contributed by atoms with Gasteiger partial charge in [-0.1, -0.05) is 24.8 Å². The Morgan fingerprint density at radius 2 is 1.67 bits per heavy atom. The number of amides is 3. The normalized spacial score (nSPS) is 11.7. The molecule has 0 bridgehead atoms. The number of benzene rings is 2. The standard InChI is InChI=1S/C28H35N3O5/c1-18(2)36-16-14-30-28(34)23-8-5-7-21-19(3)24-17-20(11-12-22(24)27(21)23)31-26(33)10-6-9-25(32)29-13-15-35-4/h5,7-8,11-12,17-18H,3,6,9-10,13-16H2,1-2,4H3,(H,29,32)(H,30,34)(H,31,33). The monoisotopic (exact) mass is 493 g/mol. The molecule has 3 amide bonds. The van der Waals surface area contributed by atoms with Crippen molar-refractivity contribution in [3.63, 3.8) is 0 Å². The topological polar surface area (TPSA) is 106 Å². The molecule has 0 fully saturated rings. The molecule has 0 unspecified atom stereocenters. The van der Waals surface area contributed by atoms with Crippen molar-refractivity contribution in [3.8, 4) is 11.1 Å². The third kappa shape index (κ3) is 7.02. The highest BCUT2D eigenvalue weighted by molar-refractivity contribution is 6.10. The lowest BCUT2D eigenvalue weighted by Crippen LogP contribution is -2.28. The lowest BCUT2D eigenvalue weighted by atomic mass is 9.98. The molecule has 192 valence electrons. The van der Waals surface area contributed by atoms with E-state index in [1.54, 1.807) is 13.2 Å². The predicted molar refractivity (Wildman–Crippen MR) is 141 cm³/mol. The average molecular weight is 494 g/mol. The van der Waals surface area contributed by atoms with Gasteiger partial charge in [-0.05, 0) is 60.7 Å². The van der Waals surface area contributed by atoms with Gasteiger partial charge < -0.3 is 25.4 Å². The summed E-state index contributed by atoms with van der Waals surface area (Å²) in [5.74, 6) is -0.424. The van der Waals surface area contributed by atoms with Crippen molar-refractivity contribution < 1.29 is 23.9 Å². The first-order valence-corrected chi connectivity index (χ1v) is 12.2. The minimum atomic E-state index is -0.163. The summed E-state index contributed by atoms with van der Waals surface area (Å²) in [5, 5.41) is 8.56. The maximum atomic E-state index is 12.9. The Morgan fingerprint density at radius 1 is 0.917 bits per heavy atom. The lowest BCUT2D eigenvalue weighted by molar-refractivity contribution is -0.121. The maximum absolute atomic E-state index is 12.9. The second-order valence-corrected chi connectivity index (χ2v) is 8.89. The van der Waals surface area contributed by atoms with E-state index in [4.69, 9.17) is 9.47 Å². The van der Waals surface area contributed by atoms with Crippen LogP contribution in [-0.2, 0) is 19.1 Å². The van der Waals surface area contributed by atoms with Crippen molar-refractivity contribution in [1.29, 1.82) is 0 Å². The van der Waals surface area contributed by atoms with Gasteiger partial charge in [0.25, 0.3) is 5.91 Å². The Morgan fingerprint density at radius 3 is 2.42 bits per heavy atom. The fourth-order valence-electron chi connectivity index (χ4n) is 4.09. The van der Waals surface area contributed by atoms with Crippen LogP contribution < -0.4 is 16.0 Å². The van der Waals surface area contributed by atoms with Gasteiger partial charge in [0.2, 0.25) is 11.8 Å². The van der Waals surface area contributed by atoms with E-state index < -0.39 is 0 Å². The number of anilines is 1. The number of ether oxygens (including phenoxy) is 2. The summed E-state index contributed by atoms with van der Waals surface area (Å²) in [6.07, 6.45) is 1.08. The molecule has 1 aliphatic carbocycles. The highest BCUT2D eigenvalue weighted by Gasteiger charge is 2.27. The average Bonchev–Trinajstić information content (AvgIpc) is 3.13. The molecule has 3 N–H and O–H groups in total. The van der Waals surface area contributed by atoms with Crippen LogP contribution in [0.1, 0.15) is 54.6 Å². The fourth-order valence-corrected chi connectivity index (χ4v) is 4.09. The van der Waals surface area contributed by atoms with Crippen molar-refractivity contribution in [2.45, 2.75) is 39.2 Å². The van der Waals surface area contributed by atoms with Gasteiger partial charge >= 0.3 is 0 Å². The van der Waals surface area contributed by atoms with Crippen molar-refractivity contribution in [1.82, 2.24) is 10.6 Å². The highest BCUT2D eigenvalue weighted by atomic mass is 16.5. The highest BCUT2D eigenvalue weighted by Crippen LogP contribution is 2.46. The number of carbonyl (C=O) groups is 3. The van der Waals surface area contributed by atoms with Gasteiger partial charge in [-0.3, -0.25) is 14.4 Å². The van der Waals surface area contributed by atoms with Crippen molar-refractivity contribution >= 4 is 29.0 Å². The minimum Gasteiger partial charge on any atom is -0.383 e. The van der Waals surface area contributed by atoms with E-state index in [-0.39, 0.29) is 36.7 Å². The Kier molecular flexibility index (Phi) is 9.78. The van der Waals surface area contributed by atoms with Crippen LogP contribution in [-0.4, -0.2) is 57.2 Å². The van der Waals surface area contributed by atoms with Crippen LogP contribution in [0.2, 0.25) is 0 Å². The zero-order valence-electron chi connectivity index (χ0n) is 21.2. The van der Waals surface area contributed by atoms with Crippen LogP contribution in [0.5, 0.6) is 0 Å². The van der Waals surface area contributed by atoms with Crippen LogP contribution >= 0.6 is 0 Å². The van der Waals surface area contributed by atoms with Gasteiger partial charge in [-0.2, -0.15) is 0 Å². The quantitative estimate of drug-likeness (QED) is 0.315. The van der Waals surface area contributed by atoms with E-state index in [0.29, 0.717) is 44.0 Å². The third-order valence-electron chi connectivity index (χ3n) is 5.81. The predicted octanol–water partition coefficient (Wildman–Crippen LogP) is 3.75. The maximum Gasteiger partial charge on any atom is 0.252 e. The van der Waals surface area contributed by atoms with Gasteiger partial charge in [0.05, 0.1) is 19.3 Å². The summed E-state index contributed by atoms with van der Waals surface area (Å²) in [6, 6.07) is 11.2. The number of carbonyl (C=O) groups excluding carboxylic acids is 3. The molecule has 36 heavy (non-hydrogen) atoms. The molecule has 0 heterocycles. The molecule has 0 saturated heterocycles. The lowest BCUT2D eigenvalue weighted by Gasteiger charge is -2.12. The Balaban J connectivity index is 1.63. The van der Waals surface area contributed by atoms with Gasteiger partial charge in [0.15, 0.2) is 0 Å². The van der Waals surface area contributed by atoms with E-state index in [0.717, 1.165) is 27.8 Å². The van der Waals surface area contributed by atoms with Crippen molar-refractivity contribution in [2.75, 3.05) is 38.7 Å².